The van der Waals surface area contributed by atoms with Crippen LogP contribution in [0, 0.1) is 10.2 Å². The third kappa shape index (κ3) is 5.28. The molecule has 0 unspecified atom stereocenters. The molecule has 0 saturated heterocycles. The van der Waals surface area contributed by atoms with Gasteiger partial charge in [0.15, 0.2) is 5.39 Å². The first-order valence-corrected chi connectivity index (χ1v) is 8.22. The molecule has 0 aliphatic rings. The molecule has 7 nitrogen and oxygen atoms in total. The zero-order chi connectivity index (χ0) is 18.4. The van der Waals surface area contributed by atoms with Crippen molar-refractivity contribution in [2.24, 2.45) is 0 Å². The maximum atomic E-state index is 8.49. The van der Waals surface area contributed by atoms with Crippen molar-refractivity contribution in [1.82, 2.24) is 0 Å². The number of hydrogen-bond acceptors (Lipinski definition) is 6. The first-order chi connectivity index (χ1) is 11.8. The molecule has 3 rings (SSSR count). The smallest absolute Gasteiger partial charge is 0.368 e. The SMILES string of the molecule is COc1cccc2[o+]c(-c3ccccc3)cc(OC)c12.[O-][Cl+3]([O-])([O-])[O-]. The Morgan fingerprint density at radius 1 is 0.800 bits per heavy atom. The summed E-state index contributed by atoms with van der Waals surface area (Å²) in [6.45, 7) is 0. The van der Waals surface area contributed by atoms with E-state index in [0.29, 0.717) is 0 Å². The number of rotatable bonds is 3. The van der Waals surface area contributed by atoms with Crippen LogP contribution in [0.25, 0.3) is 22.3 Å². The first-order valence-electron chi connectivity index (χ1n) is 6.98. The number of hydrogen-bond donors (Lipinski definition) is 0. The third-order valence-electron chi connectivity index (χ3n) is 3.21. The monoisotopic (exact) mass is 366 g/mol. The maximum absolute atomic E-state index is 8.49. The summed E-state index contributed by atoms with van der Waals surface area (Å²) in [6, 6.07) is 17.5. The second kappa shape index (κ2) is 8.11. The molecule has 132 valence electrons. The van der Waals surface area contributed by atoms with Crippen molar-refractivity contribution in [2.75, 3.05) is 14.2 Å². The van der Waals surface area contributed by atoms with Gasteiger partial charge < -0.3 is 9.47 Å². The second-order valence-electron chi connectivity index (χ2n) is 4.76. The number of fused-ring (bicyclic) bond motifs is 1. The lowest BCUT2D eigenvalue weighted by atomic mass is 10.1. The van der Waals surface area contributed by atoms with Gasteiger partial charge in [0.05, 0.1) is 25.8 Å². The van der Waals surface area contributed by atoms with Crippen LogP contribution in [0.1, 0.15) is 0 Å². The molecule has 2 aromatic carbocycles. The largest absolute Gasteiger partial charge is 0.496 e. The molecule has 0 N–H and O–H groups in total. The summed E-state index contributed by atoms with van der Waals surface area (Å²) in [4.78, 5) is 0. The fourth-order valence-electron chi connectivity index (χ4n) is 2.25. The van der Waals surface area contributed by atoms with Gasteiger partial charge in [-0.3, -0.25) is 0 Å². The van der Waals surface area contributed by atoms with Crippen LogP contribution in [0.3, 0.4) is 0 Å². The zero-order valence-electron chi connectivity index (χ0n) is 13.4. The van der Waals surface area contributed by atoms with Crippen LogP contribution >= 0.6 is 0 Å². The van der Waals surface area contributed by atoms with Gasteiger partial charge in [0.2, 0.25) is 0 Å². The molecular weight excluding hydrogens is 352 g/mol. The fraction of sp³-hybridized carbons (Fsp3) is 0.118. The highest BCUT2D eigenvalue weighted by Crippen LogP contribution is 2.37. The van der Waals surface area contributed by atoms with Gasteiger partial charge >= 0.3 is 11.3 Å². The predicted molar refractivity (Wildman–Crippen MR) is 79.2 cm³/mol. The Morgan fingerprint density at radius 3 is 1.96 bits per heavy atom. The molecule has 0 saturated carbocycles. The minimum absolute atomic E-state index is 0.738. The Hall–Kier alpha value is -2.42. The summed E-state index contributed by atoms with van der Waals surface area (Å²) in [5, 5.41) is 0.845. The summed E-state index contributed by atoms with van der Waals surface area (Å²) in [5.41, 5.74) is 1.75. The highest BCUT2D eigenvalue weighted by Gasteiger charge is 2.22. The van der Waals surface area contributed by atoms with E-state index >= 15 is 0 Å². The summed E-state index contributed by atoms with van der Waals surface area (Å²) in [6.07, 6.45) is 0. The molecule has 0 atom stereocenters. The summed E-state index contributed by atoms with van der Waals surface area (Å²) < 4.78 is 50.8. The van der Waals surface area contributed by atoms with Crippen molar-refractivity contribution in [3.63, 3.8) is 0 Å². The van der Waals surface area contributed by atoms with Crippen molar-refractivity contribution in [3.05, 3.63) is 54.6 Å². The van der Waals surface area contributed by atoms with E-state index in [4.69, 9.17) is 32.5 Å². The zero-order valence-corrected chi connectivity index (χ0v) is 14.2. The van der Waals surface area contributed by atoms with Crippen molar-refractivity contribution in [1.29, 1.82) is 0 Å². The molecule has 0 spiro atoms. The van der Waals surface area contributed by atoms with Crippen molar-refractivity contribution in [3.8, 4) is 22.8 Å². The lowest BCUT2D eigenvalue weighted by molar-refractivity contribution is -2.00. The molecule has 3 aromatic rings. The van der Waals surface area contributed by atoms with Gasteiger partial charge in [-0.25, -0.2) is 23.1 Å². The van der Waals surface area contributed by atoms with Crippen molar-refractivity contribution >= 4 is 11.0 Å². The number of halogens is 1. The van der Waals surface area contributed by atoms with Gasteiger partial charge in [-0.1, -0.05) is 18.2 Å². The standard InChI is InChI=1S/C17H15O3.ClHO4/c1-18-13-9-6-10-14-17(13)16(19-2)11-15(20-14)12-7-4-3-5-8-12;2-1(3,4)5/h3-11H,1-2H3;(H,2,3,4,5)/q+1;/p-1. The normalized spacial score (nSPS) is 10.8. The van der Waals surface area contributed by atoms with Crippen molar-refractivity contribution in [2.45, 2.75) is 0 Å². The van der Waals surface area contributed by atoms with Gasteiger partial charge in [0.25, 0.3) is 0 Å². The second-order valence-corrected chi connectivity index (χ2v) is 5.51. The van der Waals surface area contributed by atoms with Crippen molar-refractivity contribution < 1.29 is 42.8 Å². The Bertz CT molecular complexity index is 826. The van der Waals surface area contributed by atoms with E-state index in [1.807, 2.05) is 54.6 Å². The van der Waals surface area contributed by atoms with Gasteiger partial charge in [0, 0.05) is 6.07 Å². The molecule has 0 aliphatic carbocycles. The summed E-state index contributed by atoms with van der Waals surface area (Å²) in [7, 11) is -1.66. The van der Waals surface area contributed by atoms with Crippen LogP contribution in [0.5, 0.6) is 11.5 Å². The van der Waals surface area contributed by atoms with Crippen LogP contribution in [-0.2, 0) is 0 Å². The first kappa shape index (κ1) is 18.9. The Labute approximate surface area is 146 Å². The van der Waals surface area contributed by atoms with E-state index in [0.717, 1.165) is 33.8 Å². The van der Waals surface area contributed by atoms with E-state index in [1.54, 1.807) is 14.2 Å². The maximum Gasteiger partial charge on any atom is 0.368 e. The average Bonchev–Trinajstić information content (AvgIpc) is 2.59. The van der Waals surface area contributed by atoms with Crippen LogP contribution in [0.2, 0.25) is 0 Å². The highest BCUT2D eigenvalue weighted by atomic mass is 35.7. The molecule has 0 fully saturated rings. The molecule has 0 bridgehead atoms. The van der Waals surface area contributed by atoms with E-state index in [2.05, 4.69) is 0 Å². The molecule has 25 heavy (non-hydrogen) atoms. The Balaban J connectivity index is 0.000000399. The minimum Gasteiger partial charge on any atom is -0.496 e. The van der Waals surface area contributed by atoms with E-state index in [9.17, 15) is 0 Å². The Morgan fingerprint density at radius 2 is 1.40 bits per heavy atom. The third-order valence-corrected chi connectivity index (χ3v) is 3.21. The van der Waals surface area contributed by atoms with Crippen LogP contribution in [0.4, 0.5) is 0 Å². The molecule has 8 heteroatoms. The topological polar surface area (TPSA) is 122 Å². The molecule has 1 aromatic heterocycles. The number of ether oxygens (including phenoxy) is 2. The summed E-state index contributed by atoms with van der Waals surface area (Å²) >= 11 is 0. The number of benzene rings is 2. The van der Waals surface area contributed by atoms with Gasteiger partial charge in [-0.05, 0) is 24.3 Å². The molecule has 1 heterocycles. The average molecular weight is 367 g/mol. The van der Waals surface area contributed by atoms with E-state index in [-0.39, 0.29) is 0 Å². The molecule has 0 amide bonds. The molecular formula is C17H15ClO7. The quantitative estimate of drug-likeness (QED) is 0.580. The van der Waals surface area contributed by atoms with E-state index in [1.165, 1.54) is 0 Å². The van der Waals surface area contributed by atoms with Gasteiger partial charge in [0.1, 0.15) is 11.5 Å². The van der Waals surface area contributed by atoms with Crippen LogP contribution in [-0.4, -0.2) is 14.2 Å². The molecule has 0 aliphatic heterocycles. The highest BCUT2D eigenvalue weighted by molar-refractivity contribution is 5.91. The minimum atomic E-state index is -4.94. The fourth-order valence-corrected chi connectivity index (χ4v) is 2.25. The lowest BCUT2D eigenvalue weighted by Crippen LogP contribution is -2.68. The van der Waals surface area contributed by atoms with E-state index < -0.39 is 10.2 Å². The lowest BCUT2D eigenvalue weighted by Gasteiger charge is -2.17. The number of methoxy groups -OCH3 is 2. The Kier molecular flexibility index (Phi) is 6.13. The van der Waals surface area contributed by atoms with Crippen LogP contribution in [0.15, 0.2) is 59.0 Å². The van der Waals surface area contributed by atoms with Gasteiger partial charge in [-0.2, -0.15) is 0 Å². The predicted octanol–water partition coefficient (Wildman–Crippen LogP) is -0.358. The van der Waals surface area contributed by atoms with Crippen LogP contribution < -0.4 is 28.1 Å². The molecule has 0 radical (unpaired) electrons. The summed E-state index contributed by atoms with van der Waals surface area (Å²) in [5.74, 6) is 2.24. The van der Waals surface area contributed by atoms with Gasteiger partial charge in [-0.15, -0.1) is 10.2 Å².